The Labute approximate surface area is 133 Å². The van der Waals surface area contributed by atoms with Gasteiger partial charge in [0.1, 0.15) is 5.69 Å². The number of aromatic amines is 2. The minimum Gasteiger partial charge on any atom is -0.478 e. The van der Waals surface area contributed by atoms with E-state index in [0.717, 1.165) is 41.6 Å². The van der Waals surface area contributed by atoms with Crippen molar-refractivity contribution in [3.8, 4) is 11.4 Å². The van der Waals surface area contributed by atoms with Crippen LogP contribution in [0.3, 0.4) is 0 Å². The van der Waals surface area contributed by atoms with E-state index < -0.39 is 5.97 Å². The van der Waals surface area contributed by atoms with Gasteiger partial charge in [0.15, 0.2) is 0 Å². The number of hydrogen-bond donors (Lipinski definition) is 3. The molecule has 3 aromatic rings. The fourth-order valence-corrected chi connectivity index (χ4v) is 3.46. The van der Waals surface area contributed by atoms with Gasteiger partial charge >= 0.3 is 5.97 Å². The molecule has 5 heteroatoms. The third kappa shape index (κ3) is 2.32. The lowest BCUT2D eigenvalue weighted by Crippen LogP contribution is -2.21. The van der Waals surface area contributed by atoms with Crippen molar-refractivity contribution in [3.05, 3.63) is 41.1 Å². The van der Waals surface area contributed by atoms with Gasteiger partial charge in [-0.25, -0.2) is 4.79 Å². The van der Waals surface area contributed by atoms with Crippen LogP contribution in [0.1, 0.15) is 41.9 Å². The lowest BCUT2D eigenvalue weighted by molar-refractivity contribution is 0.0697. The van der Waals surface area contributed by atoms with Crippen molar-refractivity contribution in [2.24, 2.45) is 5.41 Å². The monoisotopic (exact) mass is 309 g/mol. The summed E-state index contributed by atoms with van der Waals surface area (Å²) in [5.74, 6) is -0.914. The van der Waals surface area contributed by atoms with Gasteiger partial charge in [0, 0.05) is 22.2 Å². The van der Waals surface area contributed by atoms with Gasteiger partial charge in [0.25, 0.3) is 0 Å². The third-order valence-electron chi connectivity index (χ3n) is 4.78. The summed E-state index contributed by atoms with van der Waals surface area (Å²) in [7, 11) is 0. The average Bonchev–Trinajstić information content (AvgIpc) is 3.07. The van der Waals surface area contributed by atoms with Gasteiger partial charge in [0.05, 0.1) is 11.3 Å². The van der Waals surface area contributed by atoms with Crippen LogP contribution in [0.2, 0.25) is 0 Å². The first kappa shape index (κ1) is 14.1. The molecule has 5 nitrogen and oxygen atoms in total. The van der Waals surface area contributed by atoms with Crippen LogP contribution in [-0.2, 0) is 12.8 Å². The second kappa shape index (κ2) is 4.72. The van der Waals surface area contributed by atoms with E-state index in [-0.39, 0.29) is 5.56 Å². The number of nitrogens with one attached hydrogen (secondary N) is 2. The Balaban J connectivity index is 1.78. The molecule has 0 saturated carbocycles. The van der Waals surface area contributed by atoms with Gasteiger partial charge in [-0.1, -0.05) is 19.9 Å². The van der Waals surface area contributed by atoms with Crippen LogP contribution in [0.25, 0.3) is 22.3 Å². The van der Waals surface area contributed by atoms with E-state index in [1.807, 2.05) is 12.1 Å². The Morgan fingerprint density at radius 1 is 1.30 bits per heavy atom. The molecule has 1 aliphatic rings. The molecule has 0 bridgehead atoms. The molecule has 2 heterocycles. The smallest absolute Gasteiger partial charge is 0.335 e. The van der Waals surface area contributed by atoms with E-state index >= 15 is 0 Å². The van der Waals surface area contributed by atoms with Crippen LogP contribution >= 0.6 is 0 Å². The van der Waals surface area contributed by atoms with Crippen LogP contribution in [0.4, 0.5) is 0 Å². The Hall–Kier alpha value is -2.56. The molecule has 0 spiro atoms. The van der Waals surface area contributed by atoms with Crippen molar-refractivity contribution in [2.75, 3.05) is 0 Å². The standard InChI is InChI=1S/C18H19N3O2/c1-18(2)6-5-12-15(9-18)20-21-16(12)14-7-10-3-4-11(17(22)23)8-13(10)19-14/h3-4,7-8,19H,5-6,9H2,1-2H3,(H,20,21)(H,22,23). The molecule has 0 amide bonds. The molecular formula is C18H19N3O2. The molecule has 4 rings (SSSR count). The Kier molecular flexibility index (Phi) is 2.88. The molecule has 2 aromatic heterocycles. The molecule has 1 aliphatic carbocycles. The molecule has 0 radical (unpaired) electrons. The third-order valence-corrected chi connectivity index (χ3v) is 4.78. The fraction of sp³-hybridized carbons (Fsp3) is 0.333. The first-order valence-corrected chi connectivity index (χ1v) is 7.85. The van der Waals surface area contributed by atoms with Crippen LogP contribution in [0.15, 0.2) is 24.3 Å². The topological polar surface area (TPSA) is 81.8 Å². The highest BCUT2D eigenvalue weighted by atomic mass is 16.4. The van der Waals surface area contributed by atoms with E-state index in [9.17, 15) is 4.79 Å². The average molecular weight is 309 g/mol. The molecule has 0 fully saturated rings. The van der Waals surface area contributed by atoms with Crippen molar-refractivity contribution in [3.63, 3.8) is 0 Å². The summed E-state index contributed by atoms with van der Waals surface area (Å²) in [4.78, 5) is 14.4. The fourth-order valence-electron chi connectivity index (χ4n) is 3.46. The number of H-pyrrole nitrogens is 2. The first-order valence-electron chi connectivity index (χ1n) is 7.85. The van der Waals surface area contributed by atoms with E-state index in [2.05, 4.69) is 29.0 Å². The van der Waals surface area contributed by atoms with Crippen molar-refractivity contribution in [2.45, 2.75) is 33.1 Å². The SMILES string of the molecule is CC1(C)CCc2c(-c3cc4ccc(C(=O)O)cc4[nH]3)n[nH]c2C1. The molecule has 0 atom stereocenters. The Bertz CT molecular complexity index is 918. The number of benzene rings is 1. The second-order valence-corrected chi connectivity index (χ2v) is 7.16. The molecule has 23 heavy (non-hydrogen) atoms. The van der Waals surface area contributed by atoms with Crippen molar-refractivity contribution < 1.29 is 9.90 Å². The minimum atomic E-state index is -0.914. The Morgan fingerprint density at radius 2 is 2.13 bits per heavy atom. The van der Waals surface area contributed by atoms with Crippen LogP contribution in [0, 0.1) is 5.41 Å². The lowest BCUT2D eigenvalue weighted by atomic mass is 9.76. The number of rotatable bonds is 2. The van der Waals surface area contributed by atoms with Crippen LogP contribution < -0.4 is 0 Å². The van der Waals surface area contributed by atoms with Crippen molar-refractivity contribution in [1.82, 2.24) is 15.2 Å². The number of carbonyl (C=O) groups is 1. The minimum absolute atomic E-state index is 0.289. The molecular weight excluding hydrogens is 290 g/mol. The molecule has 0 unspecified atom stereocenters. The van der Waals surface area contributed by atoms with Gasteiger partial charge in [-0.05, 0) is 42.9 Å². The highest BCUT2D eigenvalue weighted by Crippen LogP contribution is 2.38. The summed E-state index contributed by atoms with van der Waals surface area (Å²) in [5, 5.41) is 17.8. The van der Waals surface area contributed by atoms with Crippen molar-refractivity contribution >= 4 is 16.9 Å². The van der Waals surface area contributed by atoms with Gasteiger partial charge < -0.3 is 10.1 Å². The normalized spacial score (nSPS) is 16.4. The zero-order valence-electron chi connectivity index (χ0n) is 13.2. The number of aromatic carboxylic acids is 1. The van der Waals surface area contributed by atoms with Crippen molar-refractivity contribution in [1.29, 1.82) is 0 Å². The molecule has 118 valence electrons. The maximum absolute atomic E-state index is 11.1. The van der Waals surface area contributed by atoms with Gasteiger partial charge in [0.2, 0.25) is 0 Å². The number of aromatic nitrogens is 3. The molecule has 0 aliphatic heterocycles. The predicted octanol–water partition coefficient (Wildman–Crippen LogP) is 3.77. The number of carboxylic acid groups (broad SMARTS) is 1. The van der Waals surface area contributed by atoms with E-state index in [0.29, 0.717) is 5.41 Å². The maximum atomic E-state index is 11.1. The summed E-state index contributed by atoms with van der Waals surface area (Å²) >= 11 is 0. The number of carboxylic acids is 1. The van der Waals surface area contributed by atoms with Gasteiger partial charge in [-0.2, -0.15) is 5.10 Å². The van der Waals surface area contributed by atoms with E-state index in [1.165, 1.54) is 11.3 Å². The summed E-state index contributed by atoms with van der Waals surface area (Å²) in [5.41, 5.74) is 5.84. The predicted molar refractivity (Wildman–Crippen MR) is 88.6 cm³/mol. The van der Waals surface area contributed by atoms with E-state index in [1.54, 1.807) is 12.1 Å². The Morgan fingerprint density at radius 3 is 2.91 bits per heavy atom. The van der Waals surface area contributed by atoms with Crippen LogP contribution in [0.5, 0.6) is 0 Å². The molecule has 3 N–H and O–H groups in total. The van der Waals surface area contributed by atoms with Crippen LogP contribution in [-0.4, -0.2) is 26.3 Å². The molecule has 1 aromatic carbocycles. The highest BCUT2D eigenvalue weighted by molar-refractivity contribution is 5.94. The summed E-state index contributed by atoms with van der Waals surface area (Å²) in [6.07, 6.45) is 3.18. The lowest BCUT2D eigenvalue weighted by Gasteiger charge is -2.28. The van der Waals surface area contributed by atoms with Gasteiger partial charge in [-0.15, -0.1) is 0 Å². The zero-order chi connectivity index (χ0) is 16.2. The summed E-state index contributed by atoms with van der Waals surface area (Å²) < 4.78 is 0. The number of nitrogens with zero attached hydrogens (tertiary/aromatic N) is 1. The largest absolute Gasteiger partial charge is 0.478 e. The number of fused-ring (bicyclic) bond motifs is 2. The maximum Gasteiger partial charge on any atom is 0.335 e. The zero-order valence-corrected chi connectivity index (χ0v) is 13.2. The number of hydrogen-bond acceptors (Lipinski definition) is 2. The quantitative estimate of drug-likeness (QED) is 0.674. The highest BCUT2D eigenvalue weighted by Gasteiger charge is 2.29. The second-order valence-electron chi connectivity index (χ2n) is 7.16. The summed E-state index contributed by atoms with van der Waals surface area (Å²) in [6.45, 7) is 4.57. The molecule has 0 saturated heterocycles. The van der Waals surface area contributed by atoms with Gasteiger partial charge in [-0.3, -0.25) is 5.10 Å². The summed E-state index contributed by atoms with van der Waals surface area (Å²) in [6, 6.07) is 7.17. The first-order chi connectivity index (χ1) is 10.9. The van der Waals surface area contributed by atoms with E-state index in [4.69, 9.17) is 5.11 Å².